The maximum absolute atomic E-state index is 12.9. The van der Waals surface area contributed by atoms with Crippen LogP contribution in [0.15, 0.2) is 52.4 Å². The number of aromatic nitrogens is 5. The molecule has 12 nitrogen and oxygen atoms in total. The van der Waals surface area contributed by atoms with Crippen molar-refractivity contribution < 1.29 is 14.4 Å². The highest BCUT2D eigenvalue weighted by molar-refractivity contribution is 6.04. The molecule has 1 aromatic carbocycles. The van der Waals surface area contributed by atoms with Gasteiger partial charge in [0.2, 0.25) is 5.75 Å². The molecule has 3 aromatic heterocycles. The third-order valence-corrected chi connectivity index (χ3v) is 5.86. The van der Waals surface area contributed by atoms with Crippen molar-refractivity contribution >= 4 is 11.6 Å². The highest BCUT2D eigenvalue weighted by Gasteiger charge is 2.33. The molecule has 0 saturated heterocycles. The van der Waals surface area contributed by atoms with E-state index in [1.165, 1.54) is 19.5 Å². The van der Waals surface area contributed by atoms with E-state index in [-0.39, 0.29) is 22.6 Å². The molecule has 36 heavy (non-hydrogen) atoms. The van der Waals surface area contributed by atoms with Gasteiger partial charge in [0.05, 0.1) is 35.7 Å². The zero-order valence-corrected chi connectivity index (χ0v) is 19.5. The largest absolute Gasteiger partial charge is 0.501 e. The molecule has 180 valence electrons. The van der Waals surface area contributed by atoms with E-state index >= 15 is 0 Å². The van der Waals surface area contributed by atoms with E-state index in [2.05, 4.69) is 37.2 Å². The van der Waals surface area contributed by atoms with Crippen LogP contribution < -0.4 is 10.9 Å². The maximum atomic E-state index is 12.9. The molecule has 2 atom stereocenters. The summed E-state index contributed by atoms with van der Waals surface area (Å²) in [5, 5.41) is 40.2. The standard InChI is InChI=1S/C24H20N8O4/c1-13(18(16-9-27-31(2)11-16)19-14(7-25)5-4-6-15(19)8-26)22-30-20(21(33)24(35)32(22)3)23(34)29-17-10-28-36-12-17/h4-6,9-13,18,33H,1-3H3,(H,29,34)/t13-,18-/m0/s1. The Labute approximate surface area is 204 Å². The van der Waals surface area contributed by atoms with Gasteiger partial charge in [0.15, 0.2) is 5.69 Å². The van der Waals surface area contributed by atoms with Crippen molar-refractivity contribution in [3.8, 4) is 17.9 Å². The Balaban J connectivity index is 1.91. The highest BCUT2D eigenvalue weighted by Crippen LogP contribution is 2.40. The van der Waals surface area contributed by atoms with Gasteiger partial charge in [0.1, 0.15) is 17.8 Å². The van der Waals surface area contributed by atoms with Gasteiger partial charge >= 0.3 is 0 Å². The molecule has 3 heterocycles. The molecule has 0 radical (unpaired) electrons. The SMILES string of the molecule is C[C@H](c1nc(C(=O)Nc2cnoc2)c(O)c(=O)n1C)[C@@H](c1cnn(C)c1)c1c(C#N)cccc1C#N. The van der Waals surface area contributed by atoms with Gasteiger partial charge < -0.3 is 14.9 Å². The molecule has 2 N–H and O–H groups in total. The Kier molecular flexibility index (Phi) is 6.35. The normalized spacial score (nSPS) is 12.4. The fourth-order valence-corrected chi connectivity index (χ4v) is 4.18. The van der Waals surface area contributed by atoms with Crippen LogP contribution in [-0.2, 0) is 14.1 Å². The van der Waals surface area contributed by atoms with Crippen molar-refractivity contribution in [2.24, 2.45) is 14.1 Å². The second kappa shape index (κ2) is 9.56. The van der Waals surface area contributed by atoms with Crippen LogP contribution in [0.5, 0.6) is 5.75 Å². The number of benzene rings is 1. The molecule has 1 amide bonds. The summed E-state index contributed by atoms with van der Waals surface area (Å²) in [4.78, 5) is 30.1. The van der Waals surface area contributed by atoms with E-state index in [9.17, 15) is 25.2 Å². The minimum absolute atomic E-state index is 0.152. The lowest BCUT2D eigenvalue weighted by Gasteiger charge is -2.26. The monoisotopic (exact) mass is 484 g/mol. The number of carbonyl (C=O) groups excluding carboxylic acids is 1. The van der Waals surface area contributed by atoms with Crippen LogP contribution in [0, 0.1) is 22.7 Å². The van der Waals surface area contributed by atoms with Crippen LogP contribution in [0.2, 0.25) is 0 Å². The lowest BCUT2D eigenvalue weighted by atomic mass is 9.78. The Hall–Kier alpha value is -5.23. The topological polar surface area (TPSA) is 176 Å². The summed E-state index contributed by atoms with van der Waals surface area (Å²) in [7, 11) is 3.15. The Morgan fingerprint density at radius 3 is 2.44 bits per heavy atom. The van der Waals surface area contributed by atoms with Crippen molar-refractivity contribution in [3.63, 3.8) is 0 Å². The number of nitrogens with one attached hydrogen (secondary N) is 1. The number of rotatable bonds is 6. The average molecular weight is 484 g/mol. The second-order valence-electron chi connectivity index (χ2n) is 8.10. The van der Waals surface area contributed by atoms with Gasteiger partial charge in [-0.25, -0.2) is 4.98 Å². The number of aromatic hydroxyl groups is 1. The minimum Gasteiger partial charge on any atom is -0.501 e. The Morgan fingerprint density at radius 2 is 1.89 bits per heavy atom. The molecule has 0 bridgehead atoms. The summed E-state index contributed by atoms with van der Waals surface area (Å²) in [6.07, 6.45) is 5.78. The predicted molar refractivity (Wildman–Crippen MR) is 125 cm³/mol. The molecule has 12 heteroatoms. The van der Waals surface area contributed by atoms with Crippen molar-refractivity contribution in [1.82, 2.24) is 24.5 Å². The number of hydrogen-bond acceptors (Lipinski definition) is 9. The molecule has 0 aliphatic carbocycles. The van der Waals surface area contributed by atoms with Crippen LogP contribution in [-0.4, -0.2) is 35.5 Å². The predicted octanol–water partition coefficient (Wildman–Crippen LogP) is 2.14. The van der Waals surface area contributed by atoms with E-state index < -0.39 is 34.7 Å². The summed E-state index contributed by atoms with van der Waals surface area (Å²) < 4.78 is 7.41. The van der Waals surface area contributed by atoms with E-state index in [1.807, 2.05) is 0 Å². The van der Waals surface area contributed by atoms with Crippen LogP contribution in [0.1, 0.15) is 57.3 Å². The maximum Gasteiger partial charge on any atom is 0.296 e. The lowest BCUT2D eigenvalue weighted by molar-refractivity contribution is 0.101. The molecular formula is C24H20N8O4. The second-order valence-corrected chi connectivity index (χ2v) is 8.10. The zero-order chi connectivity index (χ0) is 26.0. The summed E-state index contributed by atoms with van der Waals surface area (Å²) in [5.41, 5.74) is 0.573. The van der Waals surface area contributed by atoms with E-state index in [0.29, 0.717) is 11.1 Å². The van der Waals surface area contributed by atoms with Crippen LogP contribution in [0.4, 0.5) is 5.69 Å². The molecule has 0 spiro atoms. The first-order chi connectivity index (χ1) is 17.3. The van der Waals surface area contributed by atoms with Crippen molar-refractivity contribution in [3.05, 3.63) is 87.2 Å². The average Bonchev–Trinajstić information content (AvgIpc) is 3.54. The Morgan fingerprint density at radius 1 is 1.19 bits per heavy atom. The third-order valence-electron chi connectivity index (χ3n) is 5.86. The molecule has 0 saturated carbocycles. The number of nitrogens with zero attached hydrogens (tertiary/aromatic N) is 7. The number of nitriles is 2. The quantitative estimate of drug-likeness (QED) is 0.415. The van der Waals surface area contributed by atoms with E-state index in [4.69, 9.17) is 0 Å². The van der Waals surface area contributed by atoms with Gasteiger partial charge in [-0.05, 0) is 23.3 Å². The third kappa shape index (κ3) is 4.19. The zero-order valence-electron chi connectivity index (χ0n) is 19.5. The molecule has 4 aromatic rings. The van der Waals surface area contributed by atoms with E-state index in [1.54, 1.807) is 49.2 Å². The molecule has 4 rings (SSSR count). The fraction of sp³-hybridized carbons (Fsp3) is 0.208. The van der Waals surface area contributed by atoms with Crippen LogP contribution in [0.25, 0.3) is 0 Å². The summed E-state index contributed by atoms with van der Waals surface area (Å²) in [6, 6.07) is 9.10. The first-order valence-corrected chi connectivity index (χ1v) is 10.7. The molecule has 0 fully saturated rings. The van der Waals surface area contributed by atoms with Gasteiger partial charge in [0.25, 0.3) is 11.5 Å². The van der Waals surface area contributed by atoms with Gasteiger partial charge in [-0.2, -0.15) is 15.6 Å². The van der Waals surface area contributed by atoms with Gasteiger partial charge in [-0.1, -0.05) is 18.1 Å². The number of carbonyl (C=O) groups is 1. The Bertz CT molecular complexity index is 1560. The van der Waals surface area contributed by atoms with Gasteiger partial charge in [0, 0.05) is 32.1 Å². The van der Waals surface area contributed by atoms with Crippen molar-refractivity contribution in [1.29, 1.82) is 10.5 Å². The van der Waals surface area contributed by atoms with Crippen molar-refractivity contribution in [2.45, 2.75) is 18.8 Å². The van der Waals surface area contributed by atoms with Gasteiger partial charge in [-0.15, -0.1) is 0 Å². The minimum atomic E-state index is -0.838. The number of aryl methyl sites for hydroxylation is 1. The first kappa shape index (κ1) is 23.9. The highest BCUT2D eigenvalue weighted by atomic mass is 16.5. The summed E-state index contributed by atoms with van der Waals surface area (Å²) >= 11 is 0. The molecule has 0 aliphatic heterocycles. The molecule has 0 unspecified atom stereocenters. The molecule has 0 aliphatic rings. The van der Waals surface area contributed by atoms with E-state index in [0.717, 1.165) is 4.57 Å². The van der Waals surface area contributed by atoms with Crippen molar-refractivity contribution in [2.75, 3.05) is 5.32 Å². The fourth-order valence-electron chi connectivity index (χ4n) is 4.18. The van der Waals surface area contributed by atoms with Gasteiger partial charge in [-0.3, -0.25) is 18.8 Å². The smallest absolute Gasteiger partial charge is 0.296 e. The summed E-state index contributed by atoms with van der Waals surface area (Å²) in [5.74, 6) is -2.79. The number of amides is 1. The van der Waals surface area contributed by atoms with Crippen LogP contribution in [0.3, 0.4) is 0 Å². The molecular weight excluding hydrogens is 464 g/mol. The first-order valence-electron chi connectivity index (χ1n) is 10.7. The number of anilines is 1. The summed E-state index contributed by atoms with van der Waals surface area (Å²) in [6.45, 7) is 1.76. The number of hydrogen-bond donors (Lipinski definition) is 2. The lowest BCUT2D eigenvalue weighted by Crippen LogP contribution is -2.29. The van der Waals surface area contributed by atoms with Crippen LogP contribution >= 0.6 is 0 Å².